The lowest BCUT2D eigenvalue weighted by Crippen LogP contribution is -2.30. The number of hydrogen-bond donors (Lipinski definition) is 1. The van der Waals surface area contributed by atoms with Gasteiger partial charge in [0.25, 0.3) is 0 Å². The zero-order valence-corrected chi connectivity index (χ0v) is 18.7. The second-order valence-corrected chi connectivity index (χ2v) is 8.87. The van der Waals surface area contributed by atoms with Crippen molar-refractivity contribution >= 4 is 21.6 Å². The monoisotopic (exact) mass is 460 g/mol. The predicted octanol–water partition coefficient (Wildman–Crippen LogP) is 4.81. The van der Waals surface area contributed by atoms with E-state index in [0.717, 1.165) is 0 Å². The van der Waals surface area contributed by atoms with Crippen LogP contribution in [0.15, 0.2) is 70.2 Å². The first-order valence-electron chi connectivity index (χ1n) is 10.2. The topological polar surface area (TPSA) is 88.9 Å². The van der Waals surface area contributed by atoms with E-state index < -0.39 is 15.8 Å². The highest BCUT2D eigenvalue weighted by molar-refractivity contribution is 7.89. The molecule has 9 heteroatoms. The number of halogens is 1. The van der Waals surface area contributed by atoms with Crippen molar-refractivity contribution in [2.45, 2.75) is 31.6 Å². The minimum absolute atomic E-state index is 0.0361. The molecule has 32 heavy (non-hydrogen) atoms. The highest BCUT2D eigenvalue weighted by Crippen LogP contribution is 2.33. The van der Waals surface area contributed by atoms with Crippen LogP contribution in [0.2, 0.25) is 0 Å². The van der Waals surface area contributed by atoms with Crippen LogP contribution in [-0.2, 0) is 21.2 Å². The summed E-state index contributed by atoms with van der Waals surface area (Å²) in [6.07, 6.45) is 2.06. The Bertz CT molecular complexity index is 1140. The van der Waals surface area contributed by atoms with Gasteiger partial charge in [-0.15, -0.1) is 0 Å². The molecule has 0 bridgehead atoms. The van der Waals surface area contributed by atoms with Gasteiger partial charge in [0.2, 0.25) is 15.9 Å². The van der Waals surface area contributed by atoms with Crippen molar-refractivity contribution in [2.75, 3.05) is 18.4 Å². The second kappa shape index (κ2) is 10.4. The molecule has 0 aliphatic rings. The highest BCUT2D eigenvalue weighted by atomic mass is 32.2. The smallest absolute Gasteiger partial charge is 0.243 e. The van der Waals surface area contributed by atoms with Crippen molar-refractivity contribution in [1.82, 2.24) is 4.31 Å². The molecular formula is C23H25FN2O5S. The largest absolute Gasteiger partial charge is 0.469 e. The number of amides is 1. The maximum absolute atomic E-state index is 13.2. The minimum atomic E-state index is -3.74. The van der Waals surface area contributed by atoms with E-state index >= 15 is 0 Å². The van der Waals surface area contributed by atoms with Crippen LogP contribution < -0.4 is 10.1 Å². The van der Waals surface area contributed by atoms with Gasteiger partial charge in [-0.25, -0.2) is 12.8 Å². The van der Waals surface area contributed by atoms with E-state index in [4.69, 9.17) is 9.15 Å². The van der Waals surface area contributed by atoms with E-state index in [1.807, 2.05) is 0 Å². The van der Waals surface area contributed by atoms with Crippen molar-refractivity contribution in [3.63, 3.8) is 0 Å². The van der Waals surface area contributed by atoms with Crippen LogP contribution in [0.25, 0.3) is 0 Å². The Morgan fingerprint density at radius 1 is 1.09 bits per heavy atom. The van der Waals surface area contributed by atoms with Gasteiger partial charge in [0, 0.05) is 25.9 Å². The average Bonchev–Trinajstić information content (AvgIpc) is 3.29. The Morgan fingerprint density at radius 3 is 2.44 bits per heavy atom. The van der Waals surface area contributed by atoms with E-state index in [1.165, 1.54) is 53.0 Å². The molecule has 0 unspecified atom stereocenters. The van der Waals surface area contributed by atoms with Crippen LogP contribution in [0.1, 0.15) is 26.0 Å². The molecule has 0 atom stereocenters. The van der Waals surface area contributed by atoms with Gasteiger partial charge in [0.15, 0.2) is 5.75 Å². The number of benzene rings is 2. The number of carbonyl (C=O) groups is 1. The molecule has 0 aliphatic heterocycles. The maximum Gasteiger partial charge on any atom is 0.243 e. The lowest BCUT2D eigenvalue weighted by Gasteiger charge is -2.20. The molecule has 0 saturated heterocycles. The van der Waals surface area contributed by atoms with E-state index in [1.54, 1.807) is 26.0 Å². The van der Waals surface area contributed by atoms with Gasteiger partial charge in [0.1, 0.15) is 17.3 Å². The Balaban J connectivity index is 1.89. The molecule has 0 aliphatic carbocycles. The Labute approximate surface area is 186 Å². The molecule has 1 N–H and O–H groups in total. The van der Waals surface area contributed by atoms with E-state index in [0.29, 0.717) is 31.0 Å². The lowest BCUT2D eigenvalue weighted by molar-refractivity contribution is -0.116. The first-order chi connectivity index (χ1) is 15.3. The number of rotatable bonds is 10. The first kappa shape index (κ1) is 23.5. The molecule has 0 saturated carbocycles. The lowest BCUT2D eigenvalue weighted by atomic mass is 10.2. The fourth-order valence-electron chi connectivity index (χ4n) is 3.10. The number of ether oxygens (including phenoxy) is 1. The van der Waals surface area contributed by atoms with Crippen LogP contribution in [0.3, 0.4) is 0 Å². The third kappa shape index (κ3) is 5.74. The van der Waals surface area contributed by atoms with Crippen LogP contribution in [0, 0.1) is 5.82 Å². The first-order valence-corrected chi connectivity index (χ1v) is 11.7. The van der Waals surface area contributed by atoms with Gasteiger partial charge >= 0.3 is 0 Å². The Kier molecular flexibility index (Phi) is 7.66. The zero-order valence-electron chi connectivity index (χ0n) is 17.9. The van der Waals surface area contributed by atoms with Crippen molar-refractivity contribution in [3.05, 3.63) is 72.4 Å². The summed E-state index contributed by atoms with van der Waals surface area (Å²) in [6, 6.07) is 13.2. The molecule has 0 spiro atoms. The summed E-state index contributed by atoms with van der Waals surface area (Å²) >= 11 is 0. The van der Waals surface area contributed by atoms with E-state index in [-0.39, 0.29) is 28.7 Å². The summed E-state index contributed by atoms with van der Waals surface area (Å²) in [5.74, 6) is 0.506. The molecule has 7 nitrogen and oxygen atoms in total. The van der Waals surface area contributed by atoms with Gasteiger partial charge in [0.05, 0.1) is 16.8 Å². The summed E-state index contributed by atoms with van der Waals surface area (Å²) in [7, 11) is -3.74. The number of nitrogens with zero attached hydrogens (tertiary/aromatic N) is 1. The van der Waals surface area contributed by atoms with Gasteiger partial charge < -0.3 is 14.5 Å². The number of carbonyl (C=O) groups excluding carboxylic acids is 1. The van der Waals surface area contributed by atoms with Crippen molar-refractivity contribution in [3.8, 4) is 11.5 Å². The van der Waals surface area contributed by atoms with Crippen molar-refractivity contribution in [1.29, 1.82) is 0 Å². The highest BCUT2D eigenvalue weighted by Gasteiger charge is 2.23. The molecule has 3 aromatic rings. The zero-order chi connectivity index (χ0) is 23.1. The molecule has 0 fully saturated rings. The van der Waals surface area contributed by atoms with Crippen LogP contribution >= 0.6 is 0 Å². The number of hydrogen-bond acceptors (Lipinski definition) is 5. The summed E-state index contributed by atoms with van der Waals surface area (Å²) in [4.78, 5) is 12.6. The van der Waals surface area contributed by atoms with Gasteiger partial charge in [-0.3, -0.25) is 4.79 Å². The normalized spacial score (nSPS) is 11.5. The van der Waals surface area contributed by atoms with E-state index in [2.05, 4.69) is 5.32 Å². The molecule has 1 amide bonds. The molecule has 1 aromatic heterocycles. The molecule has 1 heterocycles. The molecular weight excluding hydrogens is 435 g/mol. The predicted molar refractivity (Wildman–Crippen MR) is 119 cm³/mol. The number of furan rings is 1. The number of nitrogens with one attached hydrogen (secondary N) is 1. The quantitative estimate of drug-likeness (QED) is 0.469. The van der Waals surface area contributed by atoms with Gasteiger partial charge in [-0.1, -0.05) is 13.8 Å². The molecule has 2 aromatic carbocycles. The molecule has 170 valence electrons. The second-order valence-electron chi connectivity index (χ2n) is 6.93. The Morgan fingerprint density at radius 2 is 1.81 bits per heavy atom. The van der Waals surface area contributed by atoms with Crippen LogP contribution in [-0.4, -0.2) is 31.7 Å². The summed E-state index contributed by atoms with van der Waals surface area (Å²) in [6.45, 7) is 4.14. The summed E-state index contributed by atoms with van der Waals surface area (Å²) in [5.41, 5.74) is 0.201. The number of sulfonamides is 1. The fourth-order valence-corrected chi connectivity index (χ4v) is 4.59. The molecule has 0 radical (unpaired) electrons. The standard InChI is InChI=1S/C23H25FN2O5S/c1-3-26(4-2)32(28,29)20-12-13-22(31-19-9-7-17(24)8-10-19)21(16-20)25-23(27)14-11-18-6-5-15-30-18/h5-10,12-13,15-16H,3-4,11,14H2,1-2H3,(H,25,27). The SMILES string of the molecule is CCN(CC)S(=O)(=O)c1ccc(Oc2ccc(F)cc2)c(NC(=O)CCc2ccco2)c1. The summed E-state index contributed by atoms with van der Waals surface area (Å²) in [5, 5.41) is 2.73. The fraction of sp³-hybridized carbons (Fsp3) is 0.261. The maximum atomic E-state index is 13.2. The third-order valence-electron chi connectivity index (χ3n) is 4.79. The Hall–Kier alpha value is -3.17. The number of aryl methyl sites for hydroxylation is 1. The third-order valence-corrected chi connectivity index (χ3v) is 6.83. The van der Waals surface area contributed by atoms with Gasteiger partial charge in [-0.2, -0.15) is 4.31 Å². The van der Waals surface area contributed by atoms with Gasteiger partial charge in [-0.05, 0) is 54.6 Å². The van der Waals surface area contributed by atoms with E-state index in [9.17, 15) is 17.6 Å². The average molecular weight is 461 g/mol. The summed E-state index contributed by atoms with van der Waals surface area (Å²) < 4.78 is 51.4. The van der Waals surface area contributed by atoms with Crippen molar-refractivity contribution in [2.24, 2.45) is 0 Å². The molecule has 3 rings (SSSR count). The number of anilines is 1. The van der Waals surface area contributed by atoms with Crippen molar-refractivity contribution < 1.29 is 26.8 Å². The van der Waals surface area contributed by atoms with Crippen LogP contribution in [0.4, 0.5) is 10.1 Å². The minimum Gasteiger partial charge on any atom is -0.469 e. The van der Waals surface area contributed by atoms with Crippen LogP contribution in [0.5, 0.6) is 11.5 Å².